The van der Waals surface area contributed by atoms with Crippen molar-refractivity contribution < 1.29 is 9.72 Å². The van der Waals surface area contributed by atoms with Crippen LogP contribution in [0.4, 0.5) is 5.69 Å². The zero-order valence-electron chi connectivity index (χ0n) is 11.9. The maximum Gasteiger partial charge on any atom is 0.269 e. The fraction of sp³-hybridized carbons (Fsp3) is 0.188. The fourth-order valence-corrected chi connectivity index (χ4v) is 1.95. The van der Waals surface area contributed by atoms with Crippen molar-refractivity contribution in [1.29, 1.82) is 0 Å². The average molecular weight is 284 g/mol. The monoisotopic (exact) mass is 284 g/mol. The number of benzene rings is 2. The molecule has 0 spiro atoms. The van der Waals surface area contributed by atoms with Gasteiger partial charge in [-0.15, -0.1) is 0 Å². The smallest absolute Gasteiger partial charge is 0.269 e. The summed E-state index contributed by atoms with van der Waals surface area (Å²) in [5.41, 5.74) is 2.54. The van der Waals surface area contributed by atoms with Crippen molar-refractivity contribution in [2.75, 3.05) is 0 Å². The van der Waals surface area contributed by atoms with Crippen LogP contribution < -0.4 is 5.32 Å². The van der Waals surface area contributed by atoms with E-state index in [4.69, 9.17) is 0 Å². The first-order chi connectivity index (χ1) is 9.97. The van der Waals surface area contributed by atoms with Crippen LogP contribution in [-0.4, -0.2) is 10.8 Å². The molecule has 0 aliphatic rings. The summed E-state index contributed by atoms with van der Waals surface area (Å²) in [6.45, 7) is 3.90. The van der Waals surface area contributed by atoms with Crippen LogP contribution in [0, 0.1) is 17.0 Å². The highest BCUT2D eigenvalue weighted by Crippen LogP contribution is 2.15. The first kappa shape index (κ1) is 14.7. The molecule has 5 nitrogen and oxygen atoms in total. The molecule has 0 heterocycles. The van der Waals surface area contributed by atoms with Crippen molar-refractivity contribution in [1.82, 2.24) is 5.32 Å². The highest BCUT2D eigenvalue weighted by Gasteiger charge is 2.13. The maximum absolute atomic E-state index is 12.1. The molecule has 1 N–H and O–H groups in total. The van der Waals surface area contributed by atoms with Crippen molar-refractivity contribution in [3.8, 4) is 0 Å². The molecule has 2 aromatic carbocycles. The van der Waals surface area contributed by atoms with E-state index in [0.717, 1.165) is 11.1 Å². The Morgan fingerprint density at radius 1 is 1.10 bits per heavy atom. The van der Waals surface area contributed by atoms with Crippen LogP contribution in [0.3, 0.4) is 0 Å². The Morgan fingerprint density at radius 3 is 2.19 bits per heavy atom. The van der Waals surface area contributed by atoms with Gasteiger partial charge in [-0.1, -0.05) is 29.8 Å². The van der Waals surface area contributed by atoms with Crippen LogP contribution in [0.1, 0.15) is 34.5 Å². The minimum absolute atomic E-state index is 0.0295. The van der Waals surface area contributed by atoms with Gasteiger partial charge in [-0.25, -0.2) is 0 Å². The molecule has 0 aliphatic heterocycles. The Balaban J connectivity index is 2.06. The van der Waals surface area contributed by atoms with E-state index in [1.54, 1.807) is 0 Å². The normalized spacial score (nSPS) is 11.7. The third-order valence-corrected chi connectivity index (χ3v) is 3.27. The molecule has 0 saturated heterocycles. The van der Waals surface area contributed by atoms with E-state index in [2.05, 4.69) is 5.32 Å². The average Bonchev–Trinajstić information content (AvgIpc) is 2.47. The molecule has 0 radical (unpaired) electrons. The van der Waals surface area contributed by atoms with Gasteiger partial charge >= 0.3 is 0 Å². The highest BCUT2D eigenvalue weighted by atomic mass is 16.6. The first-order valence-corrected chi connectivity index (χ1v) is 6.59. The van der Waals surface area contributed by atoms with E-state index in [0.29, 0.717) is 5.56 Å². The number of carbonyl (C=O) groups is 1. The lowest BCUT2D eigenvalue weighted by Crippen LogP contribution is -2.26. The van der Waals surface area contributed by atoms with Crippen molar-refractivity contribution in [2.24, 2.45) is 0 Å². The molecule has 2 rings (SSSR count). The molecule has 0 aromatic heterocycles. The van der Waals surface area contributed by atoms with Gasteiger partial charge in [-0.3, -0.25) is 14.9 Å². The van der Waals surface area contributed by atoms with Crippen LogP contribution in [-0.2, 0) is 0 Å². The fourth-order valence-electron chi connectivity index (χ4n) is 1.95. The molecule has 0 fully saturated rings. The number of non-ortho nitro benzene ring substituents is 1. The number of nitro groups is 1. The topological polar surface area (TPSA) is 72.2 Å². The lowest BCUT2D eigenvalue weighted by atomic mass is 10.1. The summed E-state index contributed by atoms with van der Waals surface area (Å²) < 4.78 is 0. The molecular formula is C16H16N2O3. The van der Waals surface area contributed by atoms with Crippen molar-refractivity contribution in [3.63, 3.8) is 0 Å². The number of amides is 1. The van der Waals surface area contributed by atoms with Gasteiger partial charge in [0.15, 0.2) is 0 Å². The number of hydrogen-bond acceptors (Lipinski definition) is 3. The van der Waals surface area contributed by atoms with Gasteiger partial charge in [0, 0.05) is 17.7 Å². The highest BCUT2D eigenvalue weighted by molar-refractivity contribution is 5.94. The molecule has 5 heteroatoms. The van der Waals surface area contributed by atoms with Crippen LogP contribution >= 0.6 is 0 Å². The predicted octanol–water partition coefficient (Wildman–Crippen LogP) is 3.39. The van der Waals surface area contributed by atoms with Gasteiger partial charge in [0.2, 0.25) is 0 Å². The Morgan fingerprint density at radius 2 is 1.67 bits per heavy atom. The van der Waals surface area contributed by atoms with E-state index < -0.39 is 4.92 Å². The molecule has 21 heavy (non-hydrogen) atoms. The summed E-state index contributed by atoms with van der Waals surface area (Å²) in [5.74, 6) is -0.252. The number of hydrogen-bond donors (Lipinski definition) is 1. The zero-order chi connectivity index (χ0) is 15.4. The lowest BCUT2D eigenvalue weighted by molar-refractivity contribution is -0.384. The van der Waals surface area contributed by atoms with Gasteiger partial charge in [-0.05, 0) is 31.5 Å². The minimum Gasteiger partial charge on any atom is -0.346 e. The second kappa shape index (κ2) is 6.17. The molecule has 1 atom stereocenters. The predicted molar refractivity (Wildman–Crippen MR) is 80.2 cm³/mol. The van der Waals surface area contributed by atoms with Crippen LogP contribution in [0.5, 0.6) is 0 Å². The van der Waals surface area contributed by atoms with Gasteiger partial charge in [0.05, 0.1) is 11.0 Å². The minimum atomic E-state index is -0.489. The van der Waals surface area contributed by atoms with Crippen LogP contribution in [0.15, 0.2) is 48.5 Å². The van der Waals surface area contributed by atoms with E-state index >= 15 is 0 Å². The van der Waals surface area contributed by atoms with Gasteiger partial charge in [0.1, 0.15) is 0 Å². The SMILES string of the molecule is Cc1ccc(C(C)NC(=O)c2ccc([N+](=O)[O-])cc2)cc1. The lowest BCUT2D eigenvalue weighted by Gasteiger charge is -2.14. The van der Waals surface area contributed by atoms with Crippen molar-refractivity contribution in [3.05, 3.63) is 75.3 Å². The maximum atomic E-state index is 12.1. The largest absolute Gasteiger partial charge is 0.346 e. The third kappa shape index (κ3) is 3.66. The Hall–Kier alpha value is -2.69. The first-order valence-electron chi connectivity index (χ1n) is 6.59. The summed E-state index contributed by atoms with van der Waals surface area (Å²) in [7, 11) is 0. The molecule has 2 aromatic rings. The summed E-state index contributed by atoms with van der Waals surface area (Å²) in [6, 6.07) is 13.3. The number of rotatable bonds is 4. The summed E-state index contributed by atoms with van der Waals surface area (Å²) in [4.78, 5) is 22.2. The third-order valence-electron chi connectivity index (χ3n) is 3.27. The van der Waals surface area contributed by atoms with Gasteiger partial charge in [-0.2, -0.15) is 0 Å². The number of nitro benzene ring substituents is 1. The summed E-state index contributed by atoms with van der Waals surface area (Å²) >= 11 is 0. The Labute approximate surface area is 122 Å². The second-order valence-corrected chi connectivity index (χ2v) is 4.91. The molecule has 0 saturated carbocycles. The van der Waals surface area contributed by atoms with Crippen LogP contribution in [0.2, 0.25) is 0 Å². The van der Waals surface area contributed by atoms with Gasteiger partial charge in [0.25, 0.3) is 11.6 Å². The van der Waals surface area contributed by atoms with Crippen molar-refractivity contribution in [2.45, 2.75) is 19.9 Å². The molecule has 0 bridgehead atoms. The van der Waals surface area contributed by atoms with E-state index in [1.165, 1.54) is 24.3 Å². The number of nitrogens with zero attached hydrogens (tertiary/aromatic N) is 1. The summed E-state index contributed by atoms with van der Waals surface area (Å²) in [5, 5.41) is 13.4. The molecular weight excluding hydrogens is 268 g/mol. The molecule has 0 aliphatic carbocycles. The van der Waals surface area contributed by atoms with E-state index in [9.17, 15) is 14.9 Å². The summed E-state index contributed by atoms with van der Waals surface area (Å²) in [6.07, 6.45) is 0. The number of nitrogens with one attached hydrogen (secondary N) is 1. The standard InChI is InChI=1S/C16H16N2O3/c1-11-3-5-13(6-4-11)12(2)17-16(19)14-7-9-15(10-8-14)18(20)21/h3-10,12H,1-2H3,(H,17,19). The van der Waals surface area contributed by atoms with Crippen molar-refractivity contribution >= 4 is 11.6 Å². The Kier molecular flexibility index (Phi) is 4.33. The Bertz CT molecular complexity index is 648. The van der Waals surface area contributed by atoms with E-state index in [-0.39, 0.29) is 17.6 Å². The quantitative estimate of drug-likeness (QED) is 0.691. The van der Waals surface area contributed by atoms with Gasteiger partial charge < -0.3 is 5.32 Å². The molecule has 1 unspecified atom stereocenters. The second-order valence-electron chi connectivity index (χ2n) is 4.91. The molecule has 1 amide bonds. The number of carbonyl (C=O) groups excluding carboxylic acids is 1. The van der Waals surface area contributed by atoms with E-state index in [1.807, 2.05) is 38.1 Å². The zero-order valence-corrected chi connectivity index (χ0v) is 11.9. The molecule has 108 valence electrons. The van der Waals surface area contributed by atoms with Crippen LogP contribution in [0.25, 0.3) is 0 Å². The number of aryl methyl sites for hydroxylation is 1.